The number of aromatic nitrogens is 2. The number of hydrogen-bond acceptors (Lipinski definition) is 5. The van der Waals surface area contributed by atoms with Gasteiger partial charge in [-0.15, -0.1) is 0 Å². The van der Waals surface area contributed by atoms with Crippen LogP contribution >= 0.6 is 0 Å². The average molecular weight is 333 g/mol. The first kappa shape index (κ1) is 15.4. The lowest BCUT2D eigenvalue weighted by Gasteiger charge is -2.37. The average Bonchev–Trinajstić information content (AvgIpc) is 2.68. The summed E-state index contributed by atoms with van der Waals surface area (Å²) in [5.41, 5.74) is 8.63. The molecule has 0 spiro atoms. The summed E-state index contributed by atoms with van der Waals surface area (Å²) < 4.78 is 0. The number of piperazine rings is 1. The Balaban J connectivity index is 1.60. The number of hydrogen-bond donors (Lipinski definition) is 1. The molecule has 0 radical (unpaired) electrons. The summed E-state index contributed by atoms with van der Waals surface area (Å²) in [4.78, 5) is 24.9. The molecule has 3 heterocycles. The quantitative estimate of drug-likeness (QED) is 0.794. The number of amides is 1. The standard InChI is InChI=1S/C19H19N5O/c20-19(25)16-7-6-14-12-21-13-17(18(14)22-16)24-10-8-23(9-11-24)15-4-2-1-3-5-15/h1-7,12-13H,8-11H2,(H2,20,25). The molecule has 0 unspecified atom stereocenters. The minimum absolute atomic E-state index is 0.280. The van der Waals surface area contributed by atoms with Gasteiger partial charge in [0.1, 0.15) is 5.69 Å². The lowest BCUT2D eigenvalue weighted by molar-refractivity contribution is 0.0996. The topological polar surface area (TPSA) is 75.4 Å². The van der Waals surface area contributed by atoms with Crippen molar-refractivity contribution in [3.8, 4) is 0 Å². The second kappa shape index (κ2) is 6.39. The number of carbonyl (C=O) groups excluding carboxylic acids is 1. The predicted octanol–water partition coefficient (Wildman–Crippen LogP) is 2.06. The number of anilines is 2. The third-order valence-corrected chi connectivity index (χ3v) is 4.57. The normalized spacial score (nSPS) is 14.7. The number of benzene rings is 1. The molecular weight excluding hydrogens is 314 g/mol. The van der Waals surface area contributed by atoms with Gasteiger partial charge in [0, 0.05) is 43.4 Å². The van der Waals surface area contributed by atoms with Crippen molar-refractivity contribution in [1.82, 2.24) is 9.97 Å². The van der Waals surface area contributed by atoms with Crippen molar-refractivity contribution in [3.63, 3.8) is 0 Å². The molecule has 3 aromatic rings. The van der Waals surface area contributed by atoms with Crippen molar-refractivity contribution in [3.05, 3.63) is 60.6 Å². The molecule has 4 rings (SSSR count). The zero-order valence-corrected chi connectivity index (χ0v) is 13.8. The van der Waals surface area contributed by atoms with E-state index in [1.807, 2.05) is 18.3 Å². The molecule has 1 aliphatic heterocycles. The third kappa shape index (κ3) is 2.98. The van der Waals surface area contributed by atoms with Crippen LogP contribution in [0.4, 0.5) is 11.4 Å². The first-order valence-corrected chi connectivity index (χ1v) is 8.32. The van der Waals surface area contributed by atoms with Crippen LogP contribution < -0.4 is 15.5 Å². The van der Waals surface area contributed by atoms with E-state index in [9.17, 15) is 4.79 Å². The van der Waals surface area contributed by atoms with Crippen LogP contribution in [0.25, 0.3) is 10.9 Å². The van der Waals surface area contributed by atoms with Crippen LogP contribution in [-0.4, -0.2) is 42.1 Å². The van der Waals surface area contributed by atoms with E-state index in [2.05, 4.69) is 44.0 Å². The van der Waals surface area contributed by atoms with Crippen LogP contribution in [0.15, 0.2) is 54.9 Å². The molecule has 2 aromatic heterocycles. The highest BCUT2D eigenvalue weighted by Crippen LogP contribution is 2.26. The summed E-state index contributed by atoms with van der Waals surface area (Å²) >= 11 is 0. The van der Waals surface area contributed by atoms with Gasteiger partial charge in [0.25, 0.3) is 5.91 Å². The monoisotopic (exact) mass is 333 g/mol. The van der Waals surface area contributed by atoms with Crippen molar-refractivity contribution < 1.29 is 4.79 Å². The minimum atomic E-state index is -0.515. The molecule has 1 amide bonds. The third-order valence-electron chi connectivity index (χ3n) is 4.57. The van der Waals surface area contributed by atoms with Gasteiger partial charge in [-0.1, -0.05) is 18.2 Å². The number of para-hydroxylation sites is 1. The summed E-state index contributed by atoms with van der Waals surface area (Å²) in [6, 6.07) is 13.9. The van der Waals surface area contributed by atoms with Crippen LogP contribution in [-0.2, 0) is 0 Å². The number of fused-ring (bicyclic) bond motifs is 1. The van der Waals surface area contributed by atoms with Crippen LogP contribution in [0.5, 0.6) is 0 Å². The summed E-state index contributed by atoms with van der Waals surface area (Å²) in [6.45, 7) is 3.60. The smallest absolute Gasteiger partial charge is 0.267 e. The number of pyridine rings is 2. The van der Waals surface area contributed by atoms with Crippen molar-refractivity contribution in [1.29, 1.82) is 0 Å². The fraction of sp³-hybridized carbons (Fsp3) is 0.211. The summed E-state index contributed by atoms with van der Waals surface area (Å²) in [7, 11) is 0. The van der Waals surface area contributed by atoms with E-state index < -0.39 is 5.91 Å². The summed E-state index contributed by atoms with van der Waals surface area (Å²) in [5, 5.41) is 0.910. The highest BCUT2D eigenvalue weighted by molar-refractivity contribution is 5.96. The van der Waals surface area contributed by atoms with E-state index >= 15 is 0 Å². The first-order valence-electron chi connectivity index (χ1n) is 8.32. The van der Waals surface area contributed by atoms with Crippen molar-refractivity contribution in [2.45, 2.75) is 0 Å². The van der Waals surface area contributed by atoms with Crippen LogP contribution in [0, 0.1) is 0 Å². The molecule has 1 saturated heterocycles. The van der Waals surface area contributed by atoms with E-state index in [1.165, 1.54) is 5.69 Å². The lowest BCUT2D eigenvalue weighted by Crippen LogP contribution is -2.46. The molecule has 0 bridgehead atoms. The number of nitrogens with two attached hydrogens (primary N) is 1. The molecule has 0 atom stereocenters. The summed E-state index contributed by atoms with van der Waals surface area (Å²) in [5.74, 6) is -0.515. The Labute approximate surface area is 145 Å². The minimum Gasteiger partial charge on any atom is -0.368 e. The Morgan fingerprint density at radius 2 is 1.64 bits per heavy atom. The molecule has 2 N–H and O–H groups in total. The maximum Gasteiger partial charge on any atom is 0.267 e. The zero-order chi connectivity index (χ0) is 17.2. The van der Waals surface area contributed by atoms with Gasteiger partial charge in [0.15, 0.2) is 0 Å². The second-order valence-electron chi connectivity index (χ2n) is 6.10. The molecule has 6 nitrogen and oxygen atoms in total. The Kier molecular flexibility index (Phi) is 3.93. The van der Waals surface area contributed by atoms with Crippen molar-refractivity contribution >= 4 is 28.2 Å². The highest BCUT2D eigenvalue weighted by atomic mass is 16.1. The second-order valence-corrected chi connectivity index (χ2v) is 6.10. The molecule has 1 fully saturated rings. The Morgan fingerprint density at radius 1 is 0.920 bits per heavy atom. The molecule has 25 heavy (non-hydrogen) atoms. The van der Waals surface area contributed by atoms with Crippen LogP contribution in [0.1, 0.15) is 10.5 Å². The Bertz CT molecular complexity index is 904. The largest absolute Gasteiger partial charge is 0.368 e. The van der Waals surface area contributed by atoms with Crippen LogP contribution in [0.3, 0.4) is 0 Å². The zero-order valence-electron chi connectivity index (χ0n) is 13.8. The molecule has 1 aromatic carbocycles. The molecule has 0 aliphatic carbocycles. The predicted molar refractivity (Wildman–Crippen MR) is 98.9 cm³/mol. The van der Waals surface area contributed by atoms with Crippen molar-refractivity contribution in [2.75, 3.05) is 36.0 Å². The van der Waals surface area contributed by atoms with Gasteiger partial charge in [0.2, 0.25) is 0 Å². The van der Waals surface area contributed by atoms with Gasteiger partial charge in [-0.05, 0) is 24.3 Å². The van der Waals surface area contributed by atoms with Gasteiger partial charge in [-0.2, -0.15) is 0 Å². The highest BCUT2D eigenvalue weighted by Gasteiger charge is 2.20. The molecule has 0 saturated carbocycles. The van der Waals surface area contributed by atoms with Gasteiger partial charge in [-0.3, -0.25) is 9.78 Å². The molecular formula is C19H19N5O. The Hall–Kier alpha value is -3.15. The van der Waals surface area contributed by atoms with E-state index in [-0.39, 0.29) is 5.69 Å². The van der Waals surface area contributed by atoms with Crippen LogP contribution in [0.2, 0.25) is 0 Å². The molecule has 6 heteroatoms. The number of carbonyl (C=O) groups is 1. The lowest BCUT2D eigenvalue weighted by atomic mass is 10.2. The fourth-order valence-corrected chi connectivity index (χ4v) is 3.24. The maximum absolute atomic E-state index is 11.5. The first-order chi connectivity index (χ1) is 12.2. The van der Waals surface area contributed by atoms with Gasteiger partial charge in [-0.25, -0.2) is 4.98 Å². The van der Waals surface area contributed by atoms with E-state index in [0.717, 1.165) is 42.8 Å². The molecule has 126 valence electrons. The number of nitrogens with zero attached hydrogens (tertiary/aromatic N) is 4. The van der Waals surface area contributed by atoms with Crippen molar-refractivity contribution in [2.24, 2.45) is 5.73 Å². The number of primary amides is 1. The Morgan fingerprint density at radius 3 is 2.36 bits per heavy atom. The van der Waals surface area contributed by atoms with Gasteiger partial charge in [0.05, 0.1) is 17.4 Å². The van der Waals surface area contributed by atoms with Gasteiger partial charge >= 0.3 is 0 Å². The number of rotatable bonds is 3. The van der Waals surface area contributed by atoms with E-state index in [4.69, 9.17) is 5.73 Å². The SMILES string of the molecule is NC(=O)c1ccc2cncc(N3CCN(c4ccccc4)CC3)c2n1. The van der Waals surface area contributed by atoms with E-state index in [1.54, 1.807) is 12.3 Å². The van der Waals surface area contributed by atoms with Gasteiger partial charge < -0.3 is 15.5 Å². The summed E-state index contributed by atoms with van der Waals surface area (Å²) in [6.07, 6.45) is 3.58. The maximum atomic E-state index is 11.5. The van der Waals surface area contributed by atoms with E-state index in [0.29, 0.717) is 0 Å². The molecule has 1 aliphatic rings. The fourth-order valence-electron chi connectivity index (χ4n) is 3.24.